The lowest BCUT2D eigenvalue weighted by molar-refractivity contribution is 0.127. The van der Waals surface area contributed by atoms with Crippen LogP contribution in [0.1, 0.15) is 17.2 Å². The number of pyridine rings is 1. The van der Waals surface area contributed by atoms with E-state index in [0.717, 1.165) is 37.3 Å². The second kappa shape index (κ2) is 8.72. The molecule has 2 heterocycles. The van der Waals surface area contributed by atoms with E-state index in [4.69, 9.17) is 4.74 Å². The van der Waals surface area contributed by atoms with Gasteiger partial charge < -0.3 is 9.64 Å². The summed E-state index contributed by atoms with van der Waals surface area (Å²) in [5.41, 5.74) is 4.39. The van der Waals surface area contributed by atoms with Crippen molar-refractivity contribution >= 4 is 0 Å². The maximum Gasteiger partial charge on any atom is 0.129 e. The Balaban J connectivity index is 1.67. The van der Waals surface area contributed by atoms with Gasteiger partial charge in [0, 0.05) is 50.2 Å². The minimum Gasteiger partial charge on any atom is -0.496 e. The Bertz CT molecular complexity index is 938. The van der Waals surface area contributed by atoms with E-state index in [-0.39, 0.29) is 11.9 Å². The molecule has 0 bridgehead atoms. The highest BCUT2D eigenvalue weighted by Gasteiger charge is 2.25. The standard InChI is InChI=1S/C24H26FN3O/c1-27-13-15-28(16-14-27)24(20-9-11-26-12-10-20)19-5-3-18(4-6-19)22-8-7-21(25)17-23(22)29-2/h3-12,17,24H,13-16H2,1-2H3/t24-/m1/s1. The van der Waals surface area contributed by atoms with Gasteiger partial charge in [-0.1, -0.05) is 24.3 Å². The molecule has 1 aliphatic heterocycles. The molecule has 0 N–H and O–H groups in total. The molecule has 0 saturated carbocycles. The lowest BCUT2D eigenvalue weighted by atomic mass is 9.94. The lowest BCUT2D eigenvalue weighted by Crippen LogP contribution is -2.46. The Morgan fingerprint density at radius 2 is 1.55 bits per heavy atom. The average Bonchev–Trinajstić information content (AvgIpc) is 2.76. The number of halogens is 1. The van der Waals surface area contributed by atoms with Crippen molar-refractivity contribution in [2.45, 2.75) is 6.04 Å². The summed E-state index contributed by atoms with van der Waals surface area (Å²) >= 11 is 0. The molecule has 4 rings (SSSR count). The Kier molecular flexibility index (Phi) is 5.88. The van der Waals surface area contributed by atoms with Crippen molar-refractivity contribution < 1.29 is 9.13 Å². The quantitative estimate of drug-likeness (QED) is 0.651. The van der Waals surface area contributed by atoms with Crippen molar-refractivity contribution in [3.05, 3.63) is 83.9 Å². The normalized spacial score (nSPS) is 16.5. The van der Waals surface area contributed by atoms with Crippen LogP contribution in [0.15, 0.2) is 67.0 Å². The maximum atomic E-state index is 13.5. The average molecular weight is 391 g/mol. The molecule has 0 unspecified atom stereocenters. The summed E-state index contributed by atoms with van der Waals surface area (Å²) < 4.78 is 18.9. The van der Waals surface area contributed by atoms with Gasteiger partial charge >= 0.3 is 0 Å². The second-order valence-corrected chi connectivity index (χ2v) is 7.49. The van der Waals surface area contributed by atoms with Gasteiger partial charge in [0.25, 0.3) is 0 Å². The number of methoxy groups -OCH3 is 1. The van der Waals surface area contributed by atoms with Crippen molar-refractivity contribution in [2.75, 3.05) is 40.3 Å². The summed E-state index contributed by atoms with van der Waals surface area (Å²) in [6.45, 7) is 4.17. The Morgan fingerprint density at radius 3 is 2.21 bits per heavy atom. The number of rotatable bonds is 5. The molecule has 29 heavy (non-hydrogen) atoms. The van der Waals surface area contributed by atoms with Crippen LogP contribution in [-0.2, 0) is 0 Å². The third-order valence-electron chi connectivity index (χ3n) is 5.63. The van der Waals surface area contributed by atoms with Crippen LogP contribution in [0, 0.1) is 5.82 Å². The summed E-state index contributed by atoms with van der Waals surface area (Å²) in [6, 6.07) is 17.6. The molecule has 4 nitrogen and oxygen atoms in total. The number of aromatic nitrogens is 1. The first kappa shape index (κ1) is 19.6. The van der Waals surface area contributed by atoms with Crippen molar-refractivity contribution in [3.63, 3.8) is 0 Å². The van der Waals surface area contributed by atoms with Crippen LogP contribution < -0.4 is 4.74 Å². The Labute approximate surface area is 171 Å². The largest absolute Gasteiger partial charge is 0.496 e. The predicted molar refractivity (Wildman–Crippen MR) is 114 cm³/mol. The van der Waals surface area contributed by atoms with Gasteiger partial charge in [-0.3, -0.25) is 9.88 Å². The molecule has 0 spiro atoms. The SMILES string of the molecule is COc1cc(F)ccc1-c1ccc([C@H](c2ccncc2)N2CCN(C)CC2)cc1. The molecule has 5 heteroatoms. The van der Waals surface area contributed by atoms with Crippen LogP contribution in [0.3, 0.4) is 0 Å². The predicted octanol–water partition coefficient (Wildman–Crippen LogP) is 4.23. The maximum absolute atomic E-state index is 13.5. The van der Waals surface area contributed by atoms with Crippen LogP contribution in [0.2, 0.25) is 0 Å². The number of ether oxygens (including phenoxy) is 1. The van der Waals surface area contributed by atoms with Gasteiger partial charge in [-0.2, -0.15) is 0 Å². The zero-order valence-corrected chi connectivity index (χ0v) is 16.9. The highest BCUT2D eigenvalue weighted by Crippen LogP contribution is 2.34. The molecule has 1 fully saturated rings. The molecule has 3 aromatic rings. The van der Waals surface area contributed by atoms with E-state index in [1.54, 1.807) is 13.2 Å². The van der Waals surface area contributed by atoms with Gasteiger partial charge in [-0.05, 0) is 48.0 Å². The van der Waals surface area contributed by atoms with Gasteiger partial charge in [0.2, 0.25) is 0 Å². The molecule has 150 valence electrons. The van der Waals surface area contributed by atoms with Gasteiger partial charge in [0.1, 0.15) is 11.6 Å². The molecule has 0 radical (unpaired) electrons. The zero-order valence-electron chi connectivity index (χ0n) is 16.9. The molecule has 1 saturated heterocycles. The Hall–Kier alpha value is -2.76. The van der Waals surface area contributed by atoms with Crippen molar-refractivity contribution in [1.82, 2.24) is 14.8 Å². The fourth-order valence-corrected chi connectivity index (χ4v) is 3.99. The Morgan fingerprint density at radius 1 is 0.897 bits per heavy atom. The number of nitrogens with zero attached hydrogens (tertiary/aromatic N) is 3. The summed E-state index contributed by atoms with van der Waals surface area (Å²) in [5.74, 6) is 0.248. The van der Waals surface area contributed by atoms with Crippen molar-refractivity contribution in [1.29, 1.82) is 0 Å². The van der Waals surface area contributed by atoms with Gasteiger partial charge in [-0.15, -0.1) is 0 Å². The lowest BCUT2D eigenvalue weighted by Gasteiger charge is -2.38. The minimum atomic E-state index is -0.296. The molecule has 1 aromatic heterocycles. The molecule has 0 aliphatic carbocycles. The van der Waals surface area contributed by atoms with E-state index in [0.29, 0.717) is 5.75 Å². The number of likely N-dealkylation sites (N-methyl/N-ethyl adjacent to an activating group) is 1. The fourth-order valence-electron chi connectivity index (χ4n) is 3.99. The van der Waals surface area contributed by atoms with Crippen molar-refractivity contribution in [2.24, 2.45) is 0 Å². The van der Waals surface area contributed by atoms with E-state index >= 15 is 0 Å². The van der Waals surface area contributed by atoms with E-state index in [1.807, 2.05) is 12.4 Å². The summed E-state index contributed by atoms with van der Waals surface area (Å²) in [6.07, 6.45) is 3.71. The van der Waals surface area contributed by atoms with E-state index in [2.05, 4.69) is 58.2 Å². The first-order valence-corrected chi connectivity index (χ1v) is 9.92. The van der Waals surface area contributed by atoms with Gasteiger partial charge in [-0.25, -0.2) is 4.39 Å². The van der Waals surface area contributed by atoms with Gasteiger partial charge in [0.05, 0.1) is 13.2 Å². The molecular weight excluding hydrogens is 365 g/mol. The fraction of sp³-hybridized carbons (Fsp3) is 0.292. The third kappa shape index (κ3) is 4.31. The summed E-state index contributed by atoms with van der Waals surface area (Å²) in [5, 5.41) is 0. The number of hydrogen-bond donors (Lipinski definition) is 0. The molecule has 0 amide bonds. The van der Waals surface area contributed by atoms with Gasteiger partial charge in [0.15, 0.2) is 0 Å². The van der Waals surface area contributed by atoms with Crippen LogP contribution >= 0.6 is 0 Å². The molecule has 1 atom stereocenters. The highest BCUT2D eigenvalue weighted by molar-refractivity contribution is 5.70. The van der Waals surface area contributed by atoms with Crippen molar-refractivity contribution in [3.8, 4) is 16.9 Å². The monoisotopic (exact) mass is 391 g/mol. The van der Waals surface area contributed by atoms with E-state index in [1.165, 1.54) is 23.3 Å². The van der Waals surface area contributed by atoms with E-state index in [9.17, 15) is 4.39 Å². The first-order chi connectivity index (χ1) is 14.2. The van der Waals surface area contributed by atoms with E-state index < -0.39 is 0 Å². The van der Waals surface area contributed by atoms with Crippen LogP contribution in [0.5, 0.6) is 5.75 Å². The number of piperazine rings is 1. The molecular formula is C24H26FN3O. The minimum absolute atomic E-state index is 0.191. The number of hydrogen-bond acceptors (Lipinski definition) is 4. The number of benzene rings is 2. The third-order valence-corrected chi connectivity index (χ3v) is 5.63. The summed E-state index contributed by atoms with van der Waals surface area (Å²) in [4.78, 5) is 9.08. The van der Waals surface area contributed by atoms with Crippen LogP contribution in [0.4, 0.5) is 4.39 Å². The summed E-state index contributed by atoms with van der Waals surface area (Å²) in [7, 11) is 3.74. The zero-order chi connectivity index (χ0) is 20.2. The second-order valence-electron chi connectivity index (χ2n) is 7.49. The van der Waals surface area contributed by atoms with Crippen LogP contribution in [-0.4, -0.2) is 55.1 Å². The first-order valence-electron chi connectivity index (χ1n) is 9.92. The molecule has 2 aromatic carbocycles. The molecule has 1 aliphatic rings. The smallest absolute Gasteiger partial charge is 0.129 e. The topological polar surface area (TPSA) is 28.6 Å². The van der Waals surface area contributed by atoms with Crippen LogP contribution in [0.25, 0.3) is 11.1 Å². The highest BCUT2D eigenvalue weighted by atomic mass is 19.1.